The van der Waals surface area contributed by atoms with Crippen molar-refractivity contribution in [2.75, 3.05) is 0 Å². The van der Waals surface area contributed by atoms with E-state index < -0.39 is 0 Å². The van der Waals surface area contributed by atoms with Crippen molar-refractivity contribution in [2.24, 2.45) is 7.05 Å². The monoisotopic (exact) mass is 286 g/mol. The Morgan fingerprint density at radius 1 is 1.20 bits per heavy atom. The maximum Gasteiger partial charge on any atom is 0.179 e. The first-order chi connectivity index (χ1) is 9.49. The summed E-state index contributed by atoms with van der Waals surface area (Å²) in [4.78, 5) is 3.27. The van der Waals surface area contributed by atoms with Gasteiger partial charge in [-0.15, -0.1) is 0 Å². The maximum absolute atomic E-state index is 5.49. The van der Waals surface area contributed by atoms with E-state index in [2.05, 4.69) is 52.8 Å². The first kappa shape index (κ1) is 13.1. The van der Waals surface area contributed by atoms with E-state index in [-0.39, 0.29) is 6.04 Å². The van der Waals surface area contributed by atoms with Crippen molar-refractivity contribution in [1.82, 2.24) is 19.3 Å². The molecule has 2 aromatic heterocycles. The van der Waals surface area contributed by atoms with Crippen molar-refractivity contribution in [3.8, 4) is 0 Å². The number of hydrogen-bond acceptors (Lipinski definition) is 2. The smallest absolute Gasteiger partial charge is 0.179 e. The Morgan fingerprint density at radius 2 is 1.85 bits per heavy atom. The molecule has 0 aliphatic heterocycles. The summed E-state index contributed by atoms with van der Waals surface area (Å²) in [5.41, 5.74) is 5.55. The van der Waals surface area contributed by atoms with Gasteiger partial charge in [0.25, 0.3) is 0 Å². The molecule has 0 radical (unpaired) electrons. The van der Waals surface area contributed by atoms with Gasteiger partial charge in [-0.2, -0.15) is 5.10 Å². The van der Waals surface area contributed by atoms with Gasteiger partial charge in [0.15, 0.2) is 10.4 Å². The standard InChI is InChI=1S/C15H18N4S/c1-9-5-7-12(8-6-9)11(3)19-14-13(16-15(19)20)10(2)17-18(14)4/h5-8,11H,1-4H3,(H,16,20). The van der Waals surface area contributed by atoms with Crippen LogP contribution in [0.5, 0.6) is 0 Å². The van der Waals surface area contributed by atoms with E-state index >= 15 is 0 Å². The lowest BCUT2D eigenvalue weighted by Gasteiger charge is -2.15. The molecule has 3 aromatic rings. The fourth-order valence-electron chi connectivity index (χ4n) is 2.69. The molecular formula is C15H18N4S. The summed E-state index contributed by atoms with van der Waals surface area (Å²) in [5.74, 6) is 0. The Balaban J connectivity index is 2.21. The van der Waals surface area contributed by atoms with E-state index in [9.17, 15) is 0 Å². The van der Waals surface area contributed by atoms with Crippen LogP contribution in [-0.2, 0) is 7.05 Å². The molecule has 5 heteroatoms. The van der Waals surface area contributed by atoms with Crippen LogP contribution in [0.3, 0.4) is 0 Å². The summed E-state index contributed by atoms with van der Waals surface area (Å²) in [7, 11) is 1.95. The lowest BCUT2D eigenvalue weighted by molar-refractivity contribution is 0.620. The van der Waals surface area contributed by atoms with Crippen LogP contribution in [0.15, 0.2) is 24.3 Å². The molecule has 0 saturated carbocycles. The summed E-state index contributed by atoms with van der Waals surface area (Å²) in [6.07, 6.45) is 0. The molecule has 4 nitrogen and oxygen atoms in total. The van der Waals surface area contributed by atoms with Crippen molar-refractivity contribution in [3.63, 3.8) is 0 Å². The summed E-state index contributed by atoms with van der Waals surface area (Å²) in [6.45, 7) is 6.25. The minimum Gasteiger partial charge on any atom is -0.328 e. The van der Waals surface area contributed by atoms with E-state index in [0.29, 0.717) is 0 Å². The molecule has 1 atom stereocenters. The predicted octanol–water partition coefficient (Wildman–Crippen LogP) is 3.66. The molecule has 1 N–H and O–H groups in total. The number of H-pyrrole nitrogens is 1. The van der Waals surface area contributed by atoms with E-state index in [4.69, 9.17) is 12.2 Å². The number of hydrogen-bond donors (Lipinski definition) is 1. The minimum atomic E-state index is 0.173. The molecule has 0 aliphatic carbocycles. The molecule has 0 bridgehead atoms. The fourth-order valence-corrected chi connectivity index (χ4v) is 3.03. The molecule has 0 amide bonds. The lowest BCUT2D eigenvalue weighted by atomic mass is 10.1. The van der Waals surface area contributed by atoms with Gasteiger partial charge in [0, 0.05) is 7.05 Å². The summed E-state index contributed by atoms with van der Waals surface area (Å²) in [6, 6.07) is 8.75. The Hall–Kier alpha value is -1.88. The zero-order chi connectivity index (χ0) is 14.4. The average Bonchev–Trinajstić information content (AvgIpc) is 2.88. The quantitative estimate of drug-likeness (QED) is 0.730. The number of fused-ring (bicyclic) bond motifs is 1. The third kappa shape index (κ3) is 1.89. The number of imidazole rings is 1. The fraction of sp³-hybridized carbons (Fsp3) is 0.333. The Labute approximate surface area is 123 Å². The highest BCUT2D eigenvalue weighted by atomic mass is 32.1. The zero-order valence-electron chi connectivity index (χ0n) is 12.1. The Bertz CT molecular complexity index is 820. The van der Waals surface area contributed by atoms with E-state index in [1.54, 1.807) is 0 Å². The van der Waals surface area contributed by atoms with Gasteiger partial charge in [0.05, 0.1) is 11.7 Å². The SMILES string of the molecule is Cc1ccc(C(C)n2c(=S)[nH]c3c(C)nn(C)c32)cc1. The van der Waals surface area contributed by atoms with Gasteiger partial charge in [0.2, 0.25) is 0 Å². The van der Waals surface area contributed by atoms with E-state index in [1.807, 2.05) is 18.7 Å². The number of aromatic nitrogens is 4. The summed E-state index contributed by atoms with van der Waals surface area (Å²) >= 11 is 5.49. The van der Waals surface area contributed by atoms with Gasteiger partial charge in [-0.25, -0.2) is 0 Å². The molecule has 3 rings (SSSR count). The molecule has 0 spiro atoms. The number of aryl methyl sites for hydroxylation is 3. The third-order valence-corrected chi connectivity index (χ3v) is 4.12. The van der Waals surface area contributed by atoms with Gasteiger partial charge in [-0.1, -0.05) is 29.8 Å². The summed E-state index contributed by atoms with van der Waals surface area (Å²) in [5, 5.41) is 4.46. The number of benzene rings is 1. The van der Waals surface area contributed by atoms with Crippen LogP contribution in [-0.4, -0.2) is 19.3 Å². The first-order valence-corrected chi connectivity index (χ1v) is 7.10. The number of aromatic amines is 1. The molecule has 0 saturated heterocycles. The second-order valence-corrected chi connectivity index (χ2v) is 5.68. The number of nitrogens with one attached hydrogen (secondary N) is 1. The molecule has 0 fully saturated rings. The van der Waals surface area contributed by atoms with Crippen LogP contribution in [0.4, 0.5) is 0 Å². The molecule has 0 aliphatic rings. The molecule has 104 valence electrons. The van der Waals surface area contributed by atoms with Gasteiger partial charge in [-0.3, -0.25) is 9.25 Å². The van der Waals surface area contributed by atoms with Gasteiger partial charge in [0.1, 0.15) is 5.52 Å². The first-order valence-electron chi connectivity index (χ1n) is 6.69. The minimum absolute atomic E-state index is 0.173. The van der Waals surface area contributed by atoms with Gasteiger partial charge < -0.3 is 4.98 Å². The van der Waals surface area contributed by atoms with E-state index in [1.165, 1.54) is 11.1 Å². The molecule has 20 heavy (non-hydrogen) atoms. The highest BCUT2D eigenvalue weighted by Crippen LogP contribution is 2.25. The number of nitrogens with zero attached hydrogens (tertiary/aromatic N) is 3. The van der Waals surface area contributed by atoms with Crippen LogP contribution in [0, 0.1) is 18.6 Å². The molecule has 1 unspecified atom stereocenters. The van der Waals surface area contributed by atoms with Crippen LogP contribution in [0.1, 0.15) is 29.8 Å². The topological polar surface area (TPSA) is 38.5 Å². The van der Waals surface area contributed by atoms with E-state index in [0.717, 1.165) is 21.6 Å². The van der Waals surface area contributed by atoms with Gasteiger partial charge in [-0.05, 0) is 38.6 Å². The zero-order valence-corrected chi connectivity index (χ0v) is 13.0. The van der Waals surface area contributed by atoms with Crippen molar-refractivity contribution < 1.29 is 0 Å². The highest BCUT2D eigenvalue weighted by Gasteiger charge is 2.17. The van der Waals surface area contributed by atoms with Crippen LogP contribution < -0.4 is 0 Å². The third-order valence-electron chi connectivity index (χ3n) is 3.82. The lowest BCUT2D eigenvalue weighted by Crippen LogP contribution is -2.09. The highest BCUT2D eigenvalue weighted by molar-refractivity contribution is 7.71. The maximum atomic E-state index is 5.49. The normalized spacial score (nSPS) is 13.0. The molecular weight excluding hydrogens is 268 g/mol. The van der Waals surface area contributed by atoms with Gasteiger partial charge >= 0.3 is 0 Å². The number of rotatable bonds is 2. The van der Waals surface area contributed by atoms with Crippen LogP contribution in [0.2, 0.25) is 0 Å². The largest absolute Gasteiger partial charge is 0.328 e. The Kier molecular flexibility index (Phi) is 3.01. The van der Waals surface area contributed by atoms with Crippen molar-refractivity contribution in [1.29, 1.82) is 0 Å². The molecule has 1 aromatic carbocycles. The second kappa shape index (κ2) is 4.59. The van der Waals surface area contributed by atoms with Crippen LogP contribution >= 0.6 is 12.2 Å². The molecule has 2 heterocycles. The average molecular weight is 286 g/mol. The van der Waals surface area contributed by atoms with Crippen molar-refractivity contribution in [3.05, 3.63) is 45.9 Å². The van der Waals surface area contributed by atoms with Crippen molar-refractivity contribution >= 4 is 23.4 Å². The van der Waals surface area contributed by atoms with Crippen LogP contribution in [0.25, 0.3) is 11.2 Å². The second-order valence-electron chi connectivity index (χ2n) is 5.29. The summed E-state index contributed by atoms with van der Waals surface area (Å²) < 4.78 is 4.76. The van der Waals surface area contributed by atoms with Crippen molar-refractivity contribution in [2.45, 2.75) is 26.8 Å². The Morgan fingerprint density at radius 3 is 2.50 bits per heavy atom. The predicted molar refractivity (Wildman–Crippen MR) is 83.6 cm³/mol.